The SMILES string of the molecule is CCN1CCOC(CNC(=O)c2ncn[nH]2)C1. The molecule has 0 radical (unpaired) electrons. The van der Waals surface area contributed by atoms with Crippen LogP contribution in [0.5, 0.6) is 0 Å². The van der Waals surface area contributed by atoms with Gasteiger partial charge < -0.3 is 10.1 Å². The number of rotatable bonds is 4. The zero-order valence-corrected chi connectivity index (χ0v) is 9.85. The Bertz CT molecular complexity index is 354. The highest BCUT2D eigenvalue weighted by Crippen LogP contribution is 2.03. The first-order valence-electron chi connectivity index (χ1n) is 5.77. The highest BCUT2D eigenvalue weighted by Gasteiger charge is 2.20. The summed E-state index contributed by atoms with van der Waals surface area (Å²) in [6.45, 7) is 6.16. The highest BCUT2D eigenvalue weighted by atomic mass is 16.5. The summed E-state index contributed by atoms with van der Waals surface area (Å²) in [5.41, 5.74) is 0. The molecule has 0 saturated carbocycles. The van der Waals surface area contributed by atoms with Crippen molar-refractivity contribution in [2.45, 2.75) is 13.0 Å². The lowest BCUT2D eigenvalue weighted by molar-refractivity contribution is -0.0246. The number of nitrogens with zero attached hydrogens (tertiary/aromatic N) is 3. The third-order valence-corrected chi connectivity index (χ3v) is 2.79. The van der Waals surface area contributed by atoms with Crippen LogP contribution in [-0.2, 0) is 4.74 Å². The summed E-state index contributed by atoms with van der Waals surface area (Å²) < 4.78 is 5.58. The van der Waals surface area contributed by atoms with Crippen LogP contribution in [0.15, 0.2) is 6.33 Å². The summed E-state index contributed by atoms with van der Waals surface area (Å²) >= 11 is 0. The van der Waals surface area contributed by atoms with Gasteiger partial charge in [0.1, 0.15) is 6.33 Å². The zero-order valence-electron chi connectivity index (χ0n) is 9.85. The van der Waals surface area contributed by atoms with Crippen LogP contribution in [0.3, 0.4) is 0 Å². The molecule has 7 nitrogen and oxygen atoms in total. The van der Waals surface area contributed by atoms with E-state index in [4.69, 9.17) is 4.74 Å². The molecule has 0 aromatic carbocycles. The van der Waals surface area contributed by atoms with Crippen molar-refractivity contribution in [1.82, 2.24) is 25.4 Å². The van der Waals surface area contributed by atoms with Gasteiger partial charge in [0.25, 0.3) is 5.91 Å². The first kappa shape index (κ1) is 12.0. The molecule has 1 unspecified atom stereocenters. The number of amides is 1. The predicted molar refractivity (Wildman–Crippen MR) is 60.6 cm³/mol. The van der Waals surface area contributed by atoms with Gasteiger partial charge in [-0.2, -0.15) is 5.10 Å². The van der Waals surface area contributed by atoms with E-state index in [9.17, 15) is 4.79 Å². The van der Waals surface area contributed by atoms with Crippen LogP contribution in [0, 0.1) is 0 Å². The van der Waals surface area contributed by atoms with Gasteiger partial charge in [0, 0.05) is 19.6 Å². The molecule has 7 heteroatoms. The number of H-pyrrole nitrogens is 1. The van der Waals surface area contributed by atoms with E-state index in [0.717, 1.165) is 26.2 Å². The minimum Gasteiger partial charge on any atom is -0.374 e. The molecule has 1 aromatic rings. The van der Waals surface area contributed by atoms with Crippen LogP contribution in [-0.4, -0.2) is 64.9 Å². The summed E-state index contributed by atoms with van der Waals surface area (Å²) in [4.78, 5) is 17.7. The van der Waals surface area contributed by atoms with Crippen molar-refractivity contribution in [2.75, 3.05) is 32.8 Å². The number of hydrogen-bond acceptors (Lipinski definition) is 5. The first-order chi connectivity index (χ1) is 8.29. The zero-order chi connectivity index (χ0) is 12.1. The molecule has 2 heterocycles. The Morgan fingerprint density at radius 2 is 2.65 bits per heavy atom. The van der Waals surface area contributed by atoms with Gasteiger partial charge in [-0.1, -0.05) is 6.92 Å². The fraction of sp³-hybridized carbons (Fsp3) is 0.700. The lowest BCUT2D eigenvalue weighted by atomic mass is 10.2. The van der Waals surface area contributed by atoms with Gasteiger partial charge >= 0.3 is 0 Å². The monoisotopic (exact) mass is 239 g/mol. The number of morpholine rings is 1. The Labute approximate surface area is 99.5 Å². The number of nitrogens with one attached hydrogen (secondary N) is 2. The molecule has 1 atom stereocenters. The van der Waals surface area contributed by atoms with Crippen molar-refractivity contribution in [3.8, 4) is 0 Å². The summed E-state index contributed by atoms with van der Waals surface area (Å²) in [5, 5.41) is 8.92. The summed E-state index contributed by atoms with van der Waals surface area (Å²) in [6.07, 6.45) is 1.36. The molecular weight excluding hydrogens is 222 g/mol. The molecule has 1 amide bonds. The minimum atomic E-state index is -0.250. The number of carbonyl (C=O) groups excluding carboxylic acids is 1. The van der Waals surface area contributed by atoms with Gasteiger partial charge in [0.15, 0.2) is 0 Å². The van der Waals surface area contributed by atoms with E-state index in [0.29, 0.717) is 6.54 Å². The van der Waals surface area contributed by atoms with E-state index < -0.39 is 0 Å². The molecule has 1 aliphatic rings. The molecule has 1 aliphatic heterocycles. The molecule has 2 N–H and O–H groups in total. The van der Waals surface area contributed by atoms with Gasteiger partial charge in [0.05, 0.1) is 12.7 Å². The second kappa shape index (κ2) is 5.74. The smallest absolute Gasteiger partial charge is 0.288 e. The van der Waals surface area contributed by atoms with E-state index in [1.807, 2.05) is 0 Å². The number of ether oxygens (including phenoxy) is 1. The van der Waals surface area contributed by atoms with Crippen LogP contribution in [0.4, 0.5) is 0 Å². The Morgan fingerprint density at radius 3 is 3.35 bits per heavy atom. The second-order valence-electron chi connectivity index (χ2n) is 3.93. The summed E-state index contributed by atoms with van der Waals surface area (Å²) in [6, 6.07) is 0. The van der Waals surface area contributed by atoms with Crippen molar-refractivity contribution in [3.05, 3.63) is 12.2 Å². The fourth-order valence-corrected chi connectivity index (χ4v) is 1.80. The van der Waals surface area contributed by atoms with Crippen molar-refractivity contribution in [3.63, 3.8) is 0 Å². The van der Waals surface area contributed by atoms with Crippen molar-refractivity contribution >= 4 is 5.91 Å². The van der Waals surface area contributed by atoms with Gasteiger partial charge in [-0.05, 0) is 6.54 Å². The van der Waals surface area contributed by atoms with E-state index in [1.54, 1.807) is 0 Å². The quantitative estimate of drug-likeness (QED) is 0.722. The predicted octanol–water partition coefficient (Wildman–Crippen LogP) is -0.745. The maximum atomic E-state index is 11.6. The maximum Gasteiger partial charge on any atom is 0.288 e. The summed E-state index contributed by atoms with van der Waals surface area (Å²) in [7, 11) is 0. The van der Waals surface area contributed by atoms with Crippen LogP contribution in [0.1, 0.15) is 17.5 Å². The Kier molecular flexibility index (Phi) is 4.05. The lowest BCUT2D eigenvalue weighted by Crippen LogP contribution is -2.47. The molecule has 2 rings (SSSR count). The molecule has 1 aromatic heterocycles. The number of aromatic nitrogens is 3. The van der Waals surface area contributed by atoms with Crippen molar-refractivity contribution < 1.29 is 9.53 Å². The highest BCUT2D eigenvalue weighted by molar-refractivity contribution is 5.90. The van der Waals surface area contributed by atoms with Crippen molar-refractivity contribution in [2.24, 2.45) is 0 Å². The van der Waals surface area contributed by atoms with Crippen LogP contribution in [0.25, 0.3) is 0 Å². The molecule has 0 aliphatic carbocycles. The standard InChI is InChI=1S/C10H17N5O2/c1-2-15-3-4-17-8(6-15)5-11-10(16)9-12-7-13-14-9/h7-8H,2-6H2,1H3,(H,11,16)(H,12,13,14). The number of hydrogen-bond donors (Lipinski definition) is 2. The largest absolute Gasteiger partial charge is 0.374 e. The maximum absolute atomic E-state index is 11.6. The van der Waals surface area contributed by atoms with Gasteiger partial charge in [0.2, 0.25) is 5.82 Å². The van der Waals surface area contributed by atoms with Crippen LogP contribution in [0.2, 0.25) is 0 Å². The van der Waals surface area contributed by atoms with Gasteiger partial charge in [-0.15, -0.1) is 0 Å². The molecule has 17 heavy (non-hydrogen) atoms. The molecule has 1 fully saturated rings. The van der Waals surface area contributed by atoms with Crippen LogP contribution < -0.4 is 5.32 Å². The molecule has 94 valence electrons. The van der Waals surface area contributed by atoms with Gasteiger partial charge in [-0.3, -0.25) is 14.8 Å². The third-order valence-electron chi connectivity index (χ3n) is 2.79. The van der Waals surface area contributed by atoms with E-state index in [2.05, 4.69) is 32.3 Å². The van der Waals surface area contributed by atoms with E-state index in [1.165, 1.54) is 6.33 Å². The number of carbonyl (C=O) groups is 1. The summed E-state index contributed by atoms with van der Waals surface area (Å²) in [5.74, 6) is -0.0205. The Morgan fingerprint density at radius 1 is 1.76 bits per heavy atom. The number of likely N-dealkylation sites (N-methyl/N-ethyl adjacent to an activating group) is 1. The van der Waals surface area contributed by atoms with Crippen molar-refractivity contribution in [1.29, 1.82) is 0 Å². The average Bonchev–Trinajstić information content (AvgIpc) is 2.90. The first-order valence-corrected chi connectivity index (χ1v) is 5.77. The van der Waals surface area contributed by atoms with E-state index in [-0.39, 0.29) is 17.8 Å². The minimum absolute atomic E-state index is 0.0515. The second-order valence-corrected chi connectivity index (χ2v) is 3.93. The molecule has 1 saturated heterocycles. The molecule has 0 spiro atoms. The number of aromatic amines is 1. The van der Waals surface area contributed by atoms with Crippen LogP contribution >= 0.6 is 0 Å². The Hall–Kier alpha value is -1.47. The van der Waals surface area contributed by atoms with Gasteiger partial charge in [-0.25, -0.2) is 4.98 Å². The average molecular weight is 239 g/mol. The fourth-order valence-electron chi connectivity index (χ4n) is 1.80. The van der Waals surface area contributed by atoms with E-state index >= 15 is 0 Å². The third kappa shape index (κ3) is 3.24. The topological polar surface area (TPSA) is 83.1 Å². The molecule has 0 bridgehead atoms. The molecular formula is C10H17N5O2. The lowest BCUT2D eigenvalue weighted by Gasteiger charge is -2.31. The normalized spacial score (nSPS) is 21.4. The Balaban J connectivity index is 1.76.